The van der Waals surface area contributed by atoms with Crippen LogP contribution in [0.25, 0.3) is 0 Å². The van der Waals surface area contributed by atoms with Crippen molar-refractivity contribution in [2.24, 2.45) is 0 Å². The molecule has 0 aromatic rings. The molecule has 0 bridgehead atoms. The number of hydrogen-bond acceptors (Lipinski definition) is 0. The van der Waals surface area contributed by atoms with Crippen LogP contribution in [-0.4, -0.2) is 76.3 Å². The summed E-state index contributed by atoms with van der Waals surface area (Å²) >= 11 is 4.85. The van der Waals surface area contributed by atoms with Gasteiger partial charge in [-0.3, -0.25) is 0 Å². The summed E-state index contributed by atoms with van der Waals surface area (Å²) in [7, 11) is 0. The van der Waals surface area contributed by atoms with Crippen LogP contribution in [0.1, 0.15) is 0 Å². The van der Waals surface area contributed by atoms with Gasteiger partial charge in [-0.2, -0.15) is 0 Å². The Morgan fingerprint density at radius 2 is 1.00 bits per heavy atom. The number of rotatable bonds is 0. The molecular weight excluding hydrogens is 144 g/mol. The van der Waals surface area contributed by atoms with Crippen LogP contribution in [0.3, 0.4) is 0 Å². The van der Waals surface area contributed by atoms with E-state index in [-0.39, 0.29) is 0.920 Å². The molecule has 0 aliphatic heterocycles. The molecule has 4 heteroatoms. The monoisotopic (exact) mass is 144 g/mol. The van der Waals surface area contributed by atoms with Gasteiger partial charge in [0.1, 0.15) is 0 Å². The van der Waals surface area contributed by atoms with E-state index < -0.39 is 0 Å². The zero-order valence-electron chi connectivity index (χ0n) is 3.45. The minimum atomic E-state index is 0.229. The zero-order valence-corrected chi connectivity index (χ0v) is 11.3. The molecule has 0 atom stereocenters. The van der Waals surface area contributed by atoms with Crippen molar-refractivity contribution in [2.75, 3.05) is 0 Å². The Morgan fingerprint density at radius 1 is 1.00 bits per heavy atom. The summed E-state index contributed by atoms with van der Waals surface area (Å²) in [5.74, 6) is 0. The van der Waals surface area contributed by atoms with E-state index in [1.807, 2.05) is 0 Å². The van der Waals surface area contributed by atoms with Gasteiger partial charge in [-0.05, 0) is 0 Å². The van der Waals surface area contributed by atoms with Crippen molar-refractivity contribution in [3.63, 3.8) is 0 Å². The number of hydrogen-bond donors (Lipinski definition) is 0. The van der Waals surface area contributed by atoms with Crippen molar-refractivity contribution in [1.82, 2.24) is 0 Å². The van der Waals surface area contributed by atoms with Crippen molar-refractivity contribution in [2.45, 2.75) is 0 Å². The second kappa shape index (κ2) is 4.71. The Morgan fingerprint density at radius 3 is 1.00 bits per heavy atom. The van der Waals surface area contributed by atoms with Gasteiger partial charge in [-0.25, -0.2) is 0 Å². The van der Waals surface area contributed by atoms with E-state index in [9.17, 15) is 0 Å². The fourth-order valence-electron chi connectivity index (χ4n) is 0. The van der Waals surface area contributed by atoms with Crippen LogP contribution in [0.4, 0.5) is 0 Å². The van der Waals surface area contributed by atoms with Crippen molar-refractivity contribution in [3.05, 3.63) is 0 Å². The van der Waals surface area contributed by atoms with E-state index in [1.165, 1.54) is 0 Å². The summed E-state index contributed by atoms with van der Waals surface area (Å²) in [6, 6.07) is 0. The first kappa shape index (κ1) is 7.56. The predicted octanol–water partition coefficient (Wildman–Crippen LogP) is -1.52. The summed E-state index contributed by atoms with van der Waals surface area (Å²) in [6.45, 7) is 0. The molecule has 8 valence electrons. The first-order valence-electron chi connectivity index (χ1n) is 1.34. The van der Waals surface area contributed by atoms with Gasteiger partial charge in [0.25, 0.3) is 0 Å². The van der Waals surface area contributed by atoms with Crippen LogP contribution in [0, 0.1) is 0 Å². The van der Waals surface area contributed by atoms with Crippen molar-refractivity contribution in [3.8, 4) is 0 Å². The van der Waals surface area contributed by atoms with Crippen LogP contribution in [0.15, 0.2) is 0 Å². The Labute approximate surface area is 73.7 Å². The van der Waals surface area contributed by atoms with Gasteiger partial charge in [0.2, 0.25) is 0 Å². The molecule has 0 rings (SSSR count). The first-order valence-corrected chi connectivity index (χ1v) is 20.9. The molecule has 0 aliphatic rings. The molecule has 0 amide bonds. The molecule has 0 aliphatic carbocycles. The van der Waals surface area contributed by atoms with Gasteiger partial charge >= 0.3 is 76.3 Å². The molecule has 0 spiro atoms. The van der Waals surface area contributed by atoms with Crippen LogP contribution in [-0.2, 0) is 0 Å². The van der Waals surface area contributed by atoms with E-state index in [4.69, 9.17) is 0 Å². The van der Waals surface area contributed by atoms with Crippen molar-refractivity contribution in [1.29, 1.82) is 0 Å². The Hall–Kier alpha value is 3.56. The molecule has 0 aromatic carbocycles. The molecule has 0 fully saturated rings. The molecule has 0 unspecified atom stereocenters. The maximum absolute atomic E-state index is 1.62. The molecular formula is AsNa3. The van der Waals surface area contributed by atoms with Gasteiger partial charge in [-0.15, -0.1) is 0 Å². The first-order chi connectivity index (χ1) is 1.73. The van der Waals surface area contributed by atoms with E-state index >= 15 is 0 Å². The molecule has 0 nitrogen and oxygen atoms in total. The van der Waals surface area contributed by atoms with Crippen LogP contribution in [0.2, 0.25) is 0 Å². The molecule has 4 heavy (non-hydrogen) atoms. The Kier molecular flexibility index (Phi) is 8.90. The predicted molar refractivity (Wildman–Crippen MR) is 23.0 cm³/mol. The molecule has 0 aromatic heterocycles. The third-order valence-corrected chi connectivity index (χ3v) is 0. The molecule has 0 saturated carbocycles. The summed E-state index contributed by atoms with van der Waals surface area (Å²) in [5, 5.41) is 0. The van der Waals surface area contributed by atoms with Crippen molar-refractivity contribution < 1.29 is 0 Å². The molecule has 0 radical (unpaired) electrons. The molecule has 0 heterocycles. The van der Waals surface area contributed by atoms with Crippen LogP contribution < -0.4 is 0 Å². The topological polar surface area (TPSA) is 0 Å². The van der Waals surface area contributed by atoms with E-state index in [0.717, 1.165) is 0 Å². The summed E-state index contributed by atoms with van der Waals surface area (Å²) in [6.07, 6.45) is 0. The zero-order chi connectivity index (χ0) is 3.58. The van der Waals surface area contributed by atoms with Crippen LogP contribution in [0.5, 0.6) is 0 Å². The quantitative estimate of drug-likeness (QED) is 0.362. The minimum absolute atomic E-state index is 0.229. The second-order valence-corrected chi connectivity index (χ2v) is 62.7. The third-order valence-electron chi connectivity index (χ3n) is 0. The standard InChI is InChI=1S/As.3Na. The van der Waals surface area contributed by atoms with Crippen LogP contribution >= 0.6 is 0 Å². The second-order valence-electron chi connectivity index (χ2n) is 1.34. The summed E-state index contributed by atoms with van der Waals surface area (Å²) in [5.41, 5.74) is 0. The van der Waals surface area contributed by atoms with E-state index in [1.54, 1.807) is 75.4 Å². The van der Waals surface area contributed by atoms with E-state index in [2.05, 4.69) is 0 Å². The van der Waals surface area contributed by atoms with E-state index in [0.29, 0.717) is 0 Å². The van der Waals surface area contributed by atoms with Gasteiger partial charge in [0, 0.05) is 0 Å². The van der Waals surface area contributed by atoms with Gasteiger partial charge in [0.15, 0.2) is 0 Å². The van der Waals surface area contributed by atoms with Gasteiger partial charge in [0.05, 0.1) is 0 Å². The average molecular weight is 144 g/mol. The maximum atomic E-state index is 1.62. The normalized spacial score (nSPS) is 9.75. The summed E-state index contributed by atoms with van der Waals surface area (Å²) in [4.78, 5) is 0. The molecule has 0 saturated heterocycles. The molecule has 0 N–H and O–H groups in total. The average Bonchev–Trinajstić information content (AvgIpc) is 0.811. The fraction of sp³-hybridized carbons (Fsp3) is 0. The SMILES string of the molecule is [Na][As]([Na])[Na]. The Bertz CT molecular complexity index is 8.00. The fourth-order valence-corrected chi connectivity index (χ4v) is 0. The van der Waals surface area contributed by atoms with Gasteiger partial charge < -0.3 is 0 Å². The Balaban J connectivity index is 2.32. The third kappa shape index (κ3) is 9.12. The van der Waals surface area contributed by atoms with Gasteiger partial charge in [-0.1, -0.05) is 0 Å². The summed E-state index contributed by atoms with van der Waals surface area (Å²) < 4.78 is 0.229. The van der Waals surface area contributed by atoms with Crippen molar-refractivity contribution >= 4 is 76.3 Å².